The zero-order chi connectivity index (χ0) is 13.2. The van der Waals surface area contributed by atoms with Crippen molar-refractivity contribution in [3.05, 3.63) is 0 Å². The van der Waals surface area contributed by atoms with Crippen molar-refractivity contribution in [3.63, 3.8) is 0 Å². The highest BCUT2D eigenvalue weighted by Gasteiger charge is 2.58. The van der Waals surface area contributed by atoms with Gasteiger partial charge in [0.15, 0.2) is 0 Å². The van der Waals surface area contributed by atoms with Crippen molar-refractivity contribution in [2.24, 2.45) is 0 Å². The summed E-state index contributed by atoms with van der Waals surface area (Å²) in [6.07, 6.45) is -2.92. The Morgan fingerprint density at radius 1 is 1.29 bits per heavy atom. The van der Waals surface area contributed by atoms with Crippen molar-refractivity contribution in [2.75, 3.05) is 13.2 Å². The van der Waals surface area contributed by atoms with Crippen LogP contribution in [0.4, 0.5) is 13.2 Å². The van der Waals surface area contributed by atoms with Crippen LogP contribution >= 0.6 is 0 Å². The SMILES string of the molecule is CCCNC1(C(F)(F)F)CCOC(C)(CC)C1. The summed E-state index contributed by atoms with van der Waals surface area (Å²) < 4.78 is 45.3. The van der Waals surface area contributed by atoms with Gasteiger partial charge in [-0.25, -0.2) is 0 Å². The molecule has 0 bridgehead atoms. The first-order chi connectivity index (χ1) is 7.79. The van der Waals surface area contributed by atoms with E-state index in [0.29, 0.717) is 19.4 Å². The van der Waals surface area contributed by atoms with Gasteiger partial charge in [-0.05, 0) is 32.7 Å². The van der Waals surface area contributed by atoms with Crippen molar-refractivity contribution in [3.8, 4) is 0 Å². The van der Waals surface area contributed by atoms with Crippen LogP contribution < -0.4 is 5.32 Å². The van der Waals surface area contributed by atoms with Gasteiger partial charge in [0.05, 0.1) is 5.60 Å². The van der Waals surface area contributed by atoms with Crippen LogP contribution in [0.3, 0.4) is 0 Å². The first kappa shape index (κ1) is 14.8. The first-order valence-corrected chi connectivity index (χ1v) is 6.24. The molecule has 1 N–H and O–H groups in total. The van der Waals surface area contributed by atoms with Gasteiger partial charge in [0.1, 0.15) is 5.54 Å². The maximum absolute atomic E-state index is 13.3. The van der Waals surface area contributed by atoms with Crippen LogP contribution in [0, 0.1) is 0 Å². The predicted molar refractivity (Wildman–Crippen MR) is 61.0 cm³/mol. The number of alkyl halides is 3. The van der Waals surface area contributed by atoms with E-state index in [0.717, 1.165) is 0 Å². The molecule has 1 saturated heterocycles. The average Bonchev–Trinajstić information content (AvgIpc) is 2.25. The number of nitrogens with one attached hydrogen (secondary N) is 1. The Balaban J connectivity index is 2.90. The average molecular weight is 253 g/mol. The van der Waals surface area contributed by atoms with E-state index in [2.05, 4.69) is 5.32 Å². The number of hydrogen-bond donors (Lipinski definition) is 1. The van der Waals surface area contributed by atoms with Gasteiger partial charge in [-0.1, -0.05) is 13.8 Å². The highest BCUT2D eigenvalue weighted by Crippen LogP contribution is 2.44. The predicted octanol–water partition coefficient (Wildman–Crippen LogP) is 3.27. The summed E-state index contributed by atoms with van der Waals surface area (Å²) in [5.41, 5.74) is -2.44. The van der Waals surface area contributed by atoms with E-state index in [4.69, 9.17) is 4.74 Å². The molecule has 2 unspecified atom stereocenters. The molecule has 1 aliphatic rings. The van der Waals surface area contributed by atoms with Gasteiger partial charge in [0.25, 0.3) is 0 Å². The third-order valence-corrected chi connectivity index (χ3v) is 3.66. The van der Waals surface area contributed by atoms with Gasteiger partial charge in [-0.3, -0.25) is 0 Å². The summed E-state index contributed by atoms with van der Waals surface area (Å²) in [6.45, 7) is 6.06. The summed E-state index contributed by atoms with van der Waals surface area (Å²) in [6, 6.07) is 0. The summed E-state index contributed by atoms with van der Waals surface area (Å²) in [7, 11) is 0. The normalized spacial score (nSPS) is 34.9. The topological polar surface area (TPSA) is 21.3 Å². The fourth-order valence-electron chi connectivity index (χ4n) is 2.33. The van der Waals surface area contributed by atoms with Crippen molar-refractivity contribution in [1.82, 2.24) is 5.32 Å². The molecule has 5 heteroatoms. The molecule has 0 aromatic heterocycles. The fourth-order valence-corrected chi connectivity index (χ4v) is 2.33. The van der Waals surface area contributed by atoms with Crippen molar-refractivity contribution in [2.45, 2.75) is 63.8 Å². The Kier molecular flexibility index (Phi) is 4.47. The van der Waals surface area contributed by atoms with E-state index in [-0.39, 0.29) is 19.4 Å². The molecule has 1 rings (SSSR count). The molecular weight excluding hydrogens is 231 g/mol. The molecule has 0 aromatic carbocycles. The molecule has 2 nitrogen and oxygen atoms in total. The van der Waals surface area contributed by atoms with Crippen molar-refractivity contribution < 1.29 is 17.9 Å². The molecule has 2 atom stereocenters. The first-order valence-electron chi connectivity index (χ1n) is 6.24. The van der Waals surface area contributed by atoms with E-state index in [9.17, 15) is 13.2 Å². The van der Waals surface area contributed by atoms with Gasteiger partial charge >= 0.3 is 6.18 Å². The fraction of sp³-hybridized carbons (Fsp3) is 1.00. The van der Waals surface area contributed by atoms with E-state index < -0.39 is 17.3 Å². The summed E-state index contributed by atoms with van der Waals surface area (Å²) >= 11 is 0. The summed E-state index contributed by atoms with van der Waals surface area (Å²) in [4.78, 5) is 0. The highest BCUT2D eigenvalue weighted by molar-refractivity contribution is 5.02. The number of halogens is 3. The second-order valence-electron chi connectivity index (χ2n) is 5.09. The second-order valence-corrected chi connectivity index (χ2v) is 5.09. The van der Waals surface area contributed by atoms with Gasteiger partial charge in [-0.2, -0.15) is 13.2 Å². The van der Waals surface area contributed by atoms with E-state index >= 15 is 0 Å². The van der Waals surface area contributed by atoms with Crippen LogP contribution in [0.5, 0.6) is 0 Å². The van der Waals surface area contributed by atoms with Crippen LogP contribution in [0.1, 0.15) is 46.5 Å². The molecule has 0 aliphatic carbocycles. The molecule has 0 saturated carbocycles. The Morgan fingerprint density at radius 3 is 2.41 bits per heavy atom. The van der Waals surface area contributed by atoms with Crippen LogP contribution in [0.15, 0.2) is 0 Å². The number of ether oxygens (including phenoxy) is 1. The van der Waals surface area contributed by atoms with Gasteiger partial charge < -0.3 is 10.1 Å². The van der Waals surface area contributed by atoms with Crippen molar-refractivity contribution in [1.29, 1.82) is 0 Å². The molecule has 1 aliphatic heterocycles. The van der Waals surface area contributed by atoms with Gasteiger partial charge in [-0.15, -0.1) is 0 Å². The quantitative estimate of drug-likeness (QED) is 0.830. The lowest BCUT2D eigenvalue weighted by atomic mass is 9.78. The molecule has 102 valence electrons. The van der Waals surface area contributed by atoms with Crippen LogP contribution in [0.2, 0.25) is 0 Å². The van der Waals surface area contributed by atoms with Gasteiger partial charge in [0, 0.05) is 13.0 Å². The van der Waals surface area contributed by atoms with Gasteiger partial charge in [0.2, 0.25) is 0 Å². The third-order valence-electron chi connectivity index (χ3n) is 3.66. The second kappa shape index (κ2) is 5.14. The summed E-state index contributed by atoms with van der Waals surface area (Å²) in [5, 5.41) is 2.71. The van der Waals surface area contributed by atoms with E-state index in [1.807, 2.05) is 13.8 Å². The highest BCUT2D eigenvalue weighted by atomic mass is 19.4. The minimum Gasteiger partial charge on any atom is -0.375 e. The maximum Gasteiger partial charge on any atom is 0.406 e. The lowest BCUT2D eigenvalue weighted by Gasteiger charge is -2.47. The summed E-state index contributed by atoms with van der Waals surface area (Å²) in [5.74, 6) is 0. The number of rotatable bonds is 4. The lowest BCUT2D eigenvalue weighted by Crippen LogP contribution is -2.63. The minimum absolute atomic E-state index is 0.000000000000000222. The lowest BCUT2D eigenvalue weighted by molar-refractivity contribution is -0.240. The van der Waals surface area contributed by atoms with Crippen LogP contribution in [-0.2, 0) is 4.74 Å². The monoisotopic (exact) mass is 253 g/mol. The molecular formula is C12H22F3NO. The van der Waals surface area contributed by atoms with E-state index in [1.54, 1.807) is 6.92 Å². The van der Waals surface area contributed by atoms with Crippen LogP contribution in [-0.4, -0.2) is 30.5 Å². The van der Waals surface area contributed by atoms with Crippen LogP contribution in [0.25, 0.3) is 0 Å². The molecule has 0 amide bonds. The molecule has 0 radical (unpaired) electrons. The zero-order valence-electron chi connectivity index (χ0n) is 10.8. The zero-order valence-corrected chi connectivity index (χ0v) is 10.8. The maximum atomic E-state index is 13.3. The Hall–Kier alpha value is -0.290. The van der Waals surface area contributed by atoms with Crippen molar-refractivity contribution >= 4 is 0 Å². The third kappa shape index (κ3) is 3.13. The molecule has 17 heavy (non-hydrogen) atoms. The Labute approximate surface area is 101 Å². The Bertz CT molecular complexity index is 257. The molecule has 1 fully saturated rings. The van der Waals surface area contributed by atoms with E-state index in [1.165, 1.54) is 0 Å². The largest absolute Gasteiger partial charge is 0.406 e. The number of hydrogen-bond acceptors (Lipinski definition) is 2. The molecule has 0 aromatic rings. The minimum atomic E-state index is -4.22. The smallest absolute Gasteiger partial charge is 0.375 e. The standard InChI is InChI=1S/C12H22F3NO/c1-4-7-16-11(12(13,14)15)6-8-17-10(3,5-2)9-11/h16H,4-9H2,1-3H3. The molecule has 0 spiro atoms. The molecule has 1 heterocycles. The Morgan fingerprint density at radius 2 is 1.94 bits per heavy atom.